The van der Waals surface area contributed by atoms with Crippen LogP contribution >= 0.6 is 0 Å². The highest BCUT2D eigenvalue weighted by molar-refractivity contribution is 5.78. The molecule has 0 radical (unpaired) electrons. The molecule has 0 aliphatic heterocycles. The van der Waals surface area contributed by atoms with E-state index in [2.05, 4.69) is 19.1 Å². The van der Waals surface area contributed by atoms with Gasteiger partial charge in [0.2, 0.25) is 0 Å². The van der Waals surface area contributed by atoms with Gasteiger partial charge in [0.1, 0.15) is 11.5 Å². The average molecular weight is 248 g/mol. The van der Waals surface area contributed by atoms with Gasteiger partial charge in [-0.15, -0.1) is 0 Å². The first kappa shape index (κ1) is 14.7. The highest BCUT2D eigenvalue weighted by Crippen LogP contribution is 2.22. The third-order valence-electron chi connectivity index (χ3n) is 3.18. The Labute approximate surface area is 110 Å². The summed E-state index contributed by atoms with van der Waals surface area (Å²) in [6.07, 6.45) is 5.23. The van der Waals surface area contributed by atoms with E-state index < -0.39 is 0 Å². The number of benzene rings is 1. The van der Waals surface area contributed by atoms with Crippen LogP contribution in [0.15, 0.2) is 18.2 Å². The Kier molecular flexibility index (Phi) is 6.48. The van der Waals surface area contributed by atoms with Gasteiger partial charge in [-0.25, -0.2) is 0 Å². The molecule has 0 aliphatic carbocycles. The van der Waals surface area contributed by atoms with Crippen LogP contribution in [0.4, 0.5) is 0 Å². The predicted molar refractivity (Wildman–Crippen MR) is 75.2 cm³/mol. The van der Waals surface area contributed by atoms with E-state index in [1.807, 2.05) is 13.0 Å². The largest absolute Gasteiger partial charge is 0.496 e. The summed E-state index contributed by atoms with van der Waals surface area (Å²) in [6.45, 7) is 4.20. The van der Waals surface area contributed by atoms with Gasteiger partial charge >= 0.3 is 0 Å². The number of carbonyl (C=O) groups is 1. The number of carbonyl (C=O) groups excluding carboxylic acids is 1. The lowest BCUT2D eigenvalue weighted by Crippen LogP contribution is -1.99. The quantitative estimate of drug-likeness (QED) is 0.696. The Morgan fingerprint density at radius 1 is 1.22 bits per heavy atom. The van der Waals surface area contributed by atoms with Crippen LogP contribution in [0.5, 0.6) is 5.75 Å². The van der Waals surface area contributed by atoms with Gasteiger partial charge in [0.25, 0.3) is 0 Å². The highest BCUT2D eigenvalue weighted by Gasteiger charge is 2.06. The fraction of sp³-hybridized carbons (Fsp3) is 0.562. The van der Waals surface area contributed by atoms with Crippen molar-refractivity contribution in [3.8, 4) is 5.75 Å². The molecular weight excluding hydrogens is 224 g/mol. The van der Waals surface area contributed by atoms with Gasteiger partial charge < -0.3 is 4.74 Å². The van der Waals surface area contributed by atoms with Crippen molar-refractivity contribution in [3.05, 3.63) is 29.3 Å². The van der Waals surface area contributed by atoms with E-state index in [1.165, 1.54) is 11.1 Å². The molecule has 0 aliphatic rings. The first-order chi connectivity index (χ1) is 8.71. The second kappa shape index (κ2) is 7.91. The summed E-state index contributed by atoms with van der Waals surface area (Å²) in [5, 5.41) is 0. The predicted octanol–water partition coefficient (Wildman–Crippen LogP) is 3.95. The molecule has 0 fully saturated rings. The van der Waals surface area contributed by atoms with Crippen LogP contribution in [0.1, 0.15) is 50.7 Å². The number of aryl methyl sites for hydroxylation is 2. The molecule has 0 saturated carbocycles. The molecule has 0 saturated heterocycles. The topological polar surface area (TPSA) is 26.3 Å². The first-order valence-electron chi connectivity index (χ1n) is 6.88. The lowest BCUT2D eigenvalue weighted by atomic mass is 10.0. The van der Waals surface area contributed by atoms with Crippen molar-refractivity contribution in [2.24, 2.45) is 0 Å². The number of ether oxygens (including phenoxy) is 1. The summed E-state index contributed by atoms with van der Waals surface area (Å²) < 4.78 is 5.36. The lowest BCUT2D eigenvalue weighted by Gasteiger charge is -2.10. The van der Waals surface area contributed by atoms with Gasteiger partial charge in [-0.1, -0.05) is 26.0 Å². The van der Waals surface area contributed by atoms with E-state index >= 15 is 0 Å². The van der Waals surface area contributed by atoms with Crippen LogP contribution in [0.2, 0.25) is 0 Å². The van der Waals surface area contributed by atoms with Crippen LogP contribution in [-0.4, -0.2) is 12.9 Å². The molecule has 18 heavy (non-hydrogen) atoms. The van der Waals surface area contributed by atoms with E-state index in [9.17, 15) is 4.79 Å². The summed E-state index contributed by atoms with van der Waals surface area (Å²) in [5.41, 5.74) is 2.55. The minimum absolute atomic E-state index is 0.378. The molecular formula is C16H24O2. The number of methoxy groups -OCH3 is 1. The van der Waals surface area contributed by atoms with Crippen LogP contribution in [-0.2, 0) is 17.6 Å². The average Bonchev–Trinajstić information content (AvgIpc) is 2.39. The van der Waals surface area contributed by atoms with Crippen molar-refractivity contribution < 1.29 is 9.53 Å². The van der Waals surface area contributed by atoms with Crippen LogP contribution in [0.25, 0.3) is 0 Å². The van der Waals surface area contributed by atoms with Crippen molar-refractivity contribution in [2.75, 3.05) is 7.11 Å². The van der Waals surface area contributed by atoms with Gasteiger partial charge in [-0.3, -0.25) is 4.79 Å². The maximum Gasteiger partial charge on any atom is 0.132 e. The number of rotatable bonds is 8. The molecule has 0 spiro atoms. The van der Waals surface area contributed by atoms with Crippen molar-refractivity contribution in [2.45, 2.75) is 52.4 Å². The monoisotopic (exact) mass is 248 g/mol. The van der Waals surface area contributed by atoms with Crippen molar-refractivity contribution in [1.82, 2.24) is 0 Å². The Morgan fingerprint density at radius 3 is 2.61 bits per heavy atom. The SMILES string of the molecule is CCCC(=O)CCCc1cc(CC)ccc1OC. The van der Waals surface area contributed by atoms with E-state index in [1.54, 1.807) is 7.11 Å². The van der Waals surface area contributed by atoms with Gasteiger partial charge in [-0.05, 0) is 42.9 Å². The number of hydrogen-bond acceptors (Lipinski definition) is 2. The fourth-order valence-corrected chi connectivity index (χ4v) is 2.13. The summed E-state index contributed by atoms with van der Waals surface area (Å²) in [4.78, 5) is 11.5. The molecule has 0 aromatic heterocycles. The molecule has 0 unspecified atom stereocenters. The molecule has 2 nitrogen and oxygen atoms in total. The molecule has 1 aromatic rings. The number of ketones is 1. The molecule has 1 aromatic carbocycles. The minimum Gasteiger partial charge on any atom is -0.496 e. The molecule has 0 heterocycles. The zero-order valence-corrected chi connectivity index (χ0v) is 11.8. The van der Waals surface area contributed by atoms with Gasteiger partial charge in [0.05, 0.1) is 7.11 Å². The van der Waals surface area contributed by atoms with E-state index in [4.69, 9.17) is 4.74 Å². The van der Waals surface area contributed by atoms with Gasteiger partial charge in [0, 0.05) is 12.8 Å². The third-order valence-corrected chi connectivity index (χ3v) is 3.18. The second-order valence-corrected chi connectivity index (χ2v) is 4.64. The van der Waals surface area contributed by atoms with E-state index in [-0.39, 0.29) is 0 Å². The minimum atomic E-state index is 0.378. The third kappa shape index (κ3) is 4.52. The molecule has 1 rings (SSSR count). The summed E-state index contributed by atoms with van der Waals surface area (Å²) in [6, 6.07) is 6.33. The van der Waals surface area contributed by atoms with Crippen molar-refractivity contribution >= 4 is 5.78 Å². The Hall–Kier alpha value is -1.31. The molecule has 0 atom stereocenters. The van der Waals surface area contributed by atoms with Crippen molar-refractivity contribution in [1.29, 1.82) is 0 Å². The fourth-order valence-electron chi connectivity index (χ4n) is 2.13. The molecule has 2 heteroatoms. The Morgan fingerprint density at radius 2 is 2.00 bits per heavy atom. The Bertz CT molecular complexity index is 383. The maximum atomic E-state index is 11.5. The second-order valence-electron chi connectivity index (χ2n) is 4.64. The molecule has 100 valence electrons. The number of hydrogen-bond donors (Lipinski definition) is 0. The van der Waals surface area contributed by atoms with Gasteiger partial charge in [-0.2, -0.15) is 0 Å². The normalized spacial score (nSPS) is 10.4. The van der Waals surface area contributed by atoms with E-state index in [0.717, 1.165) is 31.4 Å². The zero-order valence-electron chi connectivity index (χ0n) is 11.8. The standard InChI is InChI=1S/C16H24O2/c1-4-7-15(17)9-6-8-14-12-13(5-2)10-11-16(14)18-3/h10-12H,4-9H2,1-3H3. The highest BCUT2D eigenvalue weighted by atomic mass is 16.5. The first-order valence-corrected chi connectivity index (χ1v) is 6.88. The number of Topliss-reactive ketones (excluding diaryl/α,β-unsaturated/α-hetero) is 1. The smallest absolute Gasteiger partial charge is 0.132 e. The van der Waals surface area contributed by atoms with Crippen LogP contribution < -0.4 is 4.74 Å². The maximum absolute atomic E-state index is 11.5. The Balaban J connectivity index is 2.57. The summed E-state index contributed by atoms with van der Waals surface area (Å²) in [7, 11) is 1.70. The zero-order chi connectivity index (χ0) is 13.4. The van der Waals surface area contributed by atoms with Crippen molar-refractivity contribution in [3.63, 3.8) is 0 Å². The van der Waals surface area contributed by atoms with E-state index in [0.29, 0.717) is 18.6 Å². The molecule has 0 N–H and O–H groups in total. The van der Waals surface area contributed by atoms with Gasteiger partial charge in [0.15, 0.2) is 0 Å². The summed E-state index contributed by atoms with van der Waals surface area (Å²) in [5.74, 6) is 1.32. The lowest BCUT2D eigenvalue weighted by molar-refractivity contribution is -0.119. The summed E-state index contributed by atoms with van der Waals surface area (Å²) >= 11 is 0. The van der Waals surface area contributed by atoms with Crippen LogP contribution in [0, 0.1) is 0 Å². The molecule has 0 amide bonds. The molecule has 0 bridgehead atoms. The van der Waals surface area contributed by atoms with Crippen LogP contribution in [0.3, 0.4) is 0 Å².